The van der Waals surface area contributed by atoms with E-state index in [1.165, 1.54) is 12.1 Å². The Kier molecular flexibility index (Phi) is 7.24. The maximum absolute atomic E-state index is 12.5. The van der Waals surface area contributed by atoms with Gasteiger partial charge in [-0.2, -0.15) is 0 Å². The highest BCUT2D eigenvalue weighted by Crippen LogP contribution is 2.34. The summed E-state index contributed by atoms with van der Waals surface area (Å²) in [5.41, 5.74) is 0.898. The zero-order valence-corrected chi connectivity index (χ0v) is 18.5. The van der Waals surface area contributed by atoms with Gasteiger partial charge in [0.2, 0.25) is 5.91 Å². The number of hydrogen-bond donors (Lipinski definition) is 2. The Hall–Kier alpha value is -2.89. The van der Waals surface area contributed by atoms with Gasteiger partial charge in [0, 0.05) is 50.5 Å². The van der Waals surface area contributed by atoms with Gasteiger partial charge in [0.05, 0.1) is 30.7 Å². The van der Waals surface area contributed by atoms with E-state index in [1.807, 2.05) is 0 Å². The van der Waals surface area contributed by atoms with Gasteiger partial charge in [-0.15, -0.1) is 13.2 Å². The zero-order chi connectivity index (χ0) is 24.2. The third-order valence-electron chi connectivity index (χ3n) is 6.12. The normalized spacial score (nSPS) is 22.1. The van der Waals surface area contributed by atoms with E-state index in [0.717, 1.165) is 12.1 Å². The van der Waals surface area contributed by atoms with Crippen molar-refractivity contribution in [3.05, 3.63) is 48.8 Å². The molecule has 0 aliphatic carbocycles. The van der Waals surface area contributed by atoms with Gasteiger partial charge in [0.1, 0.15) is 5.75 Å². The van der Waals surface area contributed by atoms with E-state index in [-0.39, 0.29) is 30.7 Å². The molecule has 1 amide bonds. The van der Waals surface area contributed by atoms with Crippen molar-refractivity contribution in [2.24, 2.45) is 0 Å². The lowest BCUT2D eigenvalue weighted by molar-refractivity contribution is -0.274. The molecule has 2 aliphatic rings. The number of aliphatic hydroxyl groups excluding tert-OH is 1. The molecule has 0 radical (unpaired) electrons. The van der Waals surface area contributed by atoms with Crippen LogP contribution in [0.25, 0.3) is 0 Å². The Morgan fingerprint density at radius 1 is 1.24 bits per heavy atom. The number of hydrogen-bond acceptors (Lipinski definition) is 7. The van der Waals surface area contributed by atoms with Crippen LogP contribution in [0, 0.1) is 0 Å². The number of nitrogens with zero attached hydrogens (tertiary/aromatic N) is 3. The lowest BCUT2D eigenvalue weighted by Gasteiger charge is -2.43. The second-order valence-electron chi connectivity index (χ2n) is 8.55. The SMILES string of the molecule is O=C(CC(CO)N1CCOC2(CCN(c3ccc(OC(F)(F)F)cc3)C2)C1)Nc1cccnc1. The number of benzene rings is 1. The van der Waals surface area contributed by atoms with Crippen LogP contribution in [0.15, 0.2) is 48.8 Å². The first kappa shape index (κ1) is 24.2. The fraction of sp³-hybridized carbons (Fsp3) is 0.478. The number of pyridine rings is 1. The molecule has 2 aliphatic heterocycles. The number of nitrogens with one attached hydrogen (secondary N) is 1. The number of anilines is 2. The summed E-state index contributed by atoms with van der Waals surface area (Å²) in [6, 6.07) is 8.91. The van der Waals surface area contributed by atoms with Crippen molar-refractivity contribution in [3.63, 3.8) is 0 Å². The van der Waals surface area contributed by atoms with Crippen LogP contribution >= 0.6 is 0 Å². The average Bonchev–Trinajstić information content (AvgIpc) is 3.20. The Balaban J connectivity index is 1.35. The molecule has 2 fully saturated rings. The van der Waals surface area contributed by atoms with E-state index in [4.69, 9.17) is 4.74 Å². The van der Waals surface area contributed by atoms with E-state index < -0.39 is 12.0 Å². The first-order valence-electron chi connectivity index (χ1n) is 11.0. The number of carbonyl (C=O) groups excluding carboxylic acids is 1. The molecule has 3 heterocycles. The van der Waals surface area contributed by atoms with Crippen molar-refractivity contribution < 1.29 is 32.5 Å². The fourth-order valence-electron chi connectivity index (χ4n) is 4.53. The van der Waals surface area contributed by atoms with Gasteiger partial charge in [-0.05, 0) is 42.8 Å². The minimum Gasteiger partial charge on any atom is -0.406 e. The standard InChI is InChI=1S/C23H27F3N4O4/c24-23(25,26)34-20-5-3-18(4-6-20)29-9-7-22(15-29)16-30(10-11-33-22)19(14-31)12-21(32)28-17-2-1-8-27-13-17/h1-6,8,13,19,31H,7,9-12,14-16H2,(H,28,32). The highest BCUT2D eigenvalue weighted by molar-refractivity contribution is 5.90. The van der Waals surface area contributed by atoms with Gasteiger partial charge in [-0.1, -0.05) is 0 Å². The minimum atomic E-state index is -4.73. The Morgan fingerprint density at radius 3 is 2.71 bits per heavy atom. The first-order valence-corrected chi connectivity index (χ1v) is 11.0. The topological polar surface area (TPSA) is 87.2 Å². The van der Waals surface area contributed by atoms with Gasteiger partial charge in [-0.3, -0.25) is 14.7 Å². The van der Waals surface area contributed by atoms with Crippen LogP contribution in [0.3, 0.4) is 0 Å². The molecule has 2 aromatic rings. The summed E-state index contributed by atoms with van der Waals surface area (Å²) in [4.78, 5) is 20.6. The summed E-state index contributed by atoms with van der Waals surface area (Å²) in [6.45, 7) is 2.68. The highest BCUT2D eigenvalue weighted by atomic mass is 19.4. The predicted molar refractivity (Wildman–Crippen MR) is 119 cm³/mol. The van der Waals surface area contributed by atoms with Gasteiger partial charge in [0.15, 0.2) is 0 Å². The summed E-state index contributed by atoms with van der Waals surface area (Å²) >= 11 is 0. The molecule has 8 nitrogen and oxygen atoms in total. The molecular weight excluding hydrogens is 453 g/mol. The lowest BCUT2D eigenvalue weighted by atomic mass is 9.98. The number of aromatic nitrogens is 1. The third kappa shape index (κ3) is 6.16. The van der Waals surface area contributed by atoms with Crippen LogP contribution in [-0.4, -0.2) is 78.3 Å². The average molecular weight is 480 g/mol. The smallest absolute Gasteiger partial charge is 0.406 e. The molecule has 11 heteroatoms. The molecule has 1 aromatic carbocycles. The van der Waals surface area contributed by atoms with E-state index in [9.17, 15) is 23.1 Å². The zero-order valence-electron chi connectivity index (χ0n) is 18.5. The van der Waals surface area contributed by atoms with E-state index in [1.54, 1.807) is 36.7 Å². The number of aliphatic hydroxyl groups is 1. The Labute approximate surface area is 195 Å². The number of rotatable bonds is 7. The van der Waals surface area contributed by atoms with Crippen LogP contribution in [0.4, 0.5) is 24.5 Å². The van der Waals surface area contributed by atoms with Crippen molar-refractivity contribution in [1.82, 2.24) is 9.88 Å². The number of alkyl halides is 3. The molecule has 0 bridgehead atoms. The molecule has 2 N–H and O–H groups in total. The Morgan fingerprint density at radius 2 is 2.03 bits per heavy atom. The number of morpholine rings is 1. The number of carbonyl (C=O) groups is 1. The van der Waals surface area contributed by atoms with E-state index in [0.29, 0.717) is 38.5 Å². The van der Waals surface area contributed by atoms with Crippen LogP contribution < -0.4 is 15.0 Å². The summed E-state index contributed by atoms with van der Waals surface area (Å²) < 4.78 is 47.3. The largest absolute Gasteiger partial charge is 0.573 e. The number of ether oxygens (including phenoxy) is 2. The van der Waals surface area contributed by atoms with Crippen molar-refractivity contribution in [2.75, 3.05) is 49.6 Å². The van der Waals surface area contributed by atoms with Crippen LogP contribution in [0.1, 0.15) is 12.8 Å². The minimum absolute atomic E-state index is 0.131. The molecule has 184 valence electrons. The van der Waals surface area contributed by atoms with Gasteiger partial charge >= 0.3 is 6.36 Å². The van der Waals surface area contributed by atoms with Crippen LogP contribution in [0.5, 0.6) is 5.75 Å². The van der Waals surface area contributed by atoms with Gasteiger partial charge < -0.3 is 24.8 Å². The maximum Gasteiger partial charge on any atom is 0.573 e. The van der Waals surface area contributed by atoms with Crippen molar-refractivity contribution in [1.29, 1.82) is 0 Å². The van der Waals surface area contributed by atoms with Crippen molar-refractivity contribution in [2.45, 2.75) is 30.8 Å². The van der Waals surface area contributed by atoms with Crippen molar-refractivity contribution in [3.8, 4) is 5.75 Å². The maximum atomic E-state index is 12.5. The lowest BCUT2D eigenvalue weighted by Crippen LogP contribution is -2.57. The van der Waals surface area contributed by atoms with Gasteiger partial charge in [0.25, 0.3) is 0 Å². The second kappa shape index (κ2) is 10.2. The monoisotopic (exact) mass is 480 g/mol. The molecule has 2 unspecified atom stereocenters. The van der Waals surface area contributed by atoms with E-state index >= 15 is 0 Å². The molecule has 0 saturated carbocycles. The summed E-state index contributed by atoms with van der Waals surface area (Å²) in [5, 5.41) is 12.8. The summed E-state index contributed by atoms with van der Waals surface area (Å²) in [7, 11) is 0. The van der Waals surface area contributed by atoms with E-state index in [2.05, 4.69) is 24.8 Å². The quantitative estimate of drug-likeness (QED) is 0.630. The molecule has 34 heavy (non-hydrogen) atoms. The predicted octanol–water partition coefficient (Wildman–Crippen LogP) is 2.65. The number of halogens is 3. The molecule has 1 spiro atoms. The second-order valence-corrected chi connectivity index (χ2v) is 8.55. The Bertz CT molecular complexity index is 961. The molecular formula is C23H27F3N4O4. The first-order chi connectivity index (χ1) is 16.3. The summed E-state index contributed by atoms with van der Waals surface area (Å²) in [6.07, 6.45) is -0.688. The van der Waals surface area contributed by atoms with Gasteiger partial charge in [-0.25, -0.2) is 0 Å². The highest BCUT2D eigenvalue weighted by Gasteiger charge is 2.44. The number of amides is 1. The van der Waals surface area contributed by atoms with Crippen molar-refractivity contribution >= 4 is 17.3 Å². The van der Waals surface area contributed by atoms with Crippen LogP contribution in [0.2, 0.25) is 0 Å². The van der Waals surface area contributed by atoms with Crippen LogP contribution in [-0.2, 0) is 9.53 Å². The summed E-state index contributed by atoms with van der Waals surface area (Å²) in [5.74, 6) is -0.470. The molecule has 1 aromatic heterocycles. The molecule has 2 saturated heterocycles. The fourth-order valence-corrected chi connectivity index (χ4v) is 4.53. The third-order valence-corrected chi connectivity index (χ3v) is 6.12. The molecule has 2 atom stereocenters. The molecule has 4 rings (SSSR count).